The van der Waals surface area contributed by atoms with E-state index in [1.165, 1.54) is 48.5 Å². The predicted octanol–water partition coefficient (Wildman–Crippen LogP) is 2.77. The fourth-order valence-electron chi connectivity index (χ4n) is 2.90. The lowest BCUT2D eigenvalue weighted by Gasteiger charge is -2.28. The first kappa shape index (κ1) is 19.5. The van der Waals surface area contributed by atoms with Crippen LogP contribution in [0.25, 0.3) is 0 Å². The van der Waals surface area contributed by atoms with Gasteiger partial charge in [0.05, 0.1) is 21.5 Å². The molecular formula is C18H15N5O6. The molecule has 11 heteroatoms. The second kappa shape index (κ2) is 7.76. The van der Waals surface area contributed by atoms with Crippen molar-refractivity contribution in [2.75, 3.05) is 5.32 Å². The van der Waals surface area contributed by atoms with Crippen LogP contribution in [0, 0.1) is 20.2 Å². The lowest BCUT2D eigenvalue weighted by Crippen LogP contribution is -2.45. The lowest BCUT2D eigenvalue weighted by atomic mass is 9.94. The molecule has 0 fully saturated rings. The summed E-state index contributed by atoms with van der Waals surface area (Å²) in [5.41, 5.74) is 1.10. The number of nitrogens with one attached hydrogen (secondary N) is 3. The molecule has 0 radical (unpaired) electrons. The smallest absolute Gasteiger partial charge is 0.319 e. The average molecular weight is 397 g/mol. The fraction of sp³-hybridized carbons (Fsp3) is 0.111. The minimum atomic E-state index is -0.831. The third-order valence-electron chi connectivity index (χ3n) is 4.29. The van der Waals surface area contributed by atoms with E-state index in [0.717, 1.165) is 0 Å². The molecule has 1 atom stereocenters. The van der Waals surface area contributed by atoms with E-state index in [2.05, 4.69) is 16.0 Å². The third kappa shape index (κ3) is 4.18. The molecule has 11 nitrogen and oxygen atoms in total. The van der Waals surface area contributed by atoms with Crippen LogP contribution in [0.3, 0.4) is 0 Å². The lowest BCUT2D eigenvalue weighted by molar-refractivity contribution is -0.385. The molecule has 1 heterocycles. The number of urea groups is 1. The zero-order chi connectivity index (χ0) is 21.1. The molecular weight excluding hydrogens is 382 g/mol. The highest BCUT2D eigenvalue weighted by atomic mass is 16.6. The maximum absolute atomic E-state index is 12.9. The molecule has 29 heavy (non-hydrogen) atoms. The molecule has 3 amide bonds. The Bertz CT molecular complexity index is 1030. The summed E-state index contributed by atoms with van der Waals surface area (Å²) in [7, 11) is 0. The van der Waals surface area contributed by atoms with Gasteiger partial charge in [0.15, 0.2) is 0 Å². The Balaban J connectivity index is 1.89. The van der Waals surface area contributed by atoms with Crippen LogP contribution < -0.4 is 16.0 Å². The van der Waals surface area contributed by atoms with Gasteiger partial charge in [-0.3, -0.25) is 25.0 Å². The van der Waals surface area contributed by atoms with Gasteiger partial charge in [-0.1, -0.05) is 0 Å². The first-order valence-corrected chi connectivity index (χ1v) is 8.34. The summed E-state index contributed by atoms with van der Waals surface area (Å²) in [5.74, 6) is -0.535. The molecule has 2 aromatic carbocycles. The van der Waals surface area contributed by atoms with Crippen LogP contribution in [0.15, 0.2) is 59.8 Å². The van der Waals surface area contributed by atoms with Crippen molar-refractivity contribution < 1.29 is 19.4 Å². The Kier molecular flexibility index (Phi) is 5.21. The number of rotatable bonds is 5. The van der Waals surface area contributed by atoms with E-state index in [1.807, 2.05) is 0 Å². The summed E-state index contributed by atoms with van der Waals surface area (Å²) < 4.78 is 0. The zero-order valence-corrected chi connectivity index (χ0v) is 15.0. The molecule has 0 spiro atoms. The summed E-state index contributed by atoms with van der Waals surface area (Å²) in [6.07, 6.45) is 0. The minimum Gasteiger partial charge on any atom is -0.327 e. The van der Waals surface area contributed by atoms with Gasteiger partial charge in [-0.15, -0.1) is 0 Å². The standard InChI is InChI=1S/C18H15N5O6/c1-10-15(17(24)20-12-4-8-14(9-5-12)23(28)29)16(21-18(25)19-10)11-2-6-13(7-3-11)22(26)27/h2-9,16H,1H3,(H,20,24)(H2,19,21,25)/t16-/m0/s1. The van der Waals surface area contributed by atoms with E-state index >= 15 is 0 Å². The Morgan fingerprint density at radius 1 is 0.966 bits per heavy atom. The predicted molar refractivity (Wildman–Crippen MR) is 102 cm³/mol. The van der Waals surface area contributed by atoms with Crippen molar-refractivity contribution >= 4 is 29.0 Å². The molecule has 1 aliphatic heterocycles. The second-order valence-electron chi connectivity index (χ2n) is 6.18. The Morgan fingerprint density at radius 3 is 2.00 bits per heavy atom. The van der Waals surface area contributed by atoms with E-state index < -0.39 is 27.8 Å². The summed E-state index contributed by atoms with van der Waals surface area (Å²) in [4.78, 5) is 45.2. The number of carbonyl (C=O) groups excluding carboxylic acids is 2. The van der Waals surface area contributed by atoms with Gasteiger partial charge in [0.1, 0.15) is 0 Å². The molecule has 0 aromatic heterocycles. The van der Waals surface area contributed by atoms with Gasteiger partial charge in [0.2, 0.25) is 0 Å². The number of amides is 3. The molecule has 0 bridgehead atoms. The normalized spacial score (nSPS) is 15.9. The quantitative estimate of drug-likeness (QED) is 0.520. The average Bonchev–Trinajstić information content (AvgIpc) is 2.67. The molecule has 2 aromatic rings. The number of non-ortho nitro benzene ring substituents is 2. The topological polar surface area (TPSA) is 157 Å². The molecule has 3 N–H and O–H groups in total. The maximum atomic E-state index is 12.9. The van der Waals surface area contributed by atoms with E-state index in [9.17, 15) is 29.8 Å². The van der Waals surface area contributed by atoms with Crippen LogP contribution in [-0.4, -0.2) is 21.8 Å². The second-order valence-corrected chi connectivity index (χ2v) is 6.18. The highest BCUT2D eigenvalue weighted by molar-refractivity contribution is 6.06. The molecule has 0 saturated carbocycles. The SMILES string of the molecule is CC1=C(C(=O)Nc2ccc([N+](=O)[O-])cc2)[C@H](c2ccc([N+](=O)[O-])cc2)NC(=O)N1. The van der Waals surface area contributed by atoms with E-state index in [1.54, 1.807) is 6.92 Å². The van der Waals surface area contributed by atoms with Gasteiger partial charge in [0.25, 0.3) is 17.3 Å². The van der Waals surface area contributed by atoms with Crippen LogP contribution in [0.4, 0.5) is 21.9 Å². The number of nitro benzene ring substituents is 2. The van der Waals surface area contributed by atoms with Crippen molar-refractivity contribution in [3.05, 3.63) is 85.6 Å². The Hall–Kier alpha value is -4.28. The largest absolute Gasteiger partial charge is 0.327 e. The molecule has 148 valence electrons. The summed E-state index contributed by atoms with van der Waals surface area (Å²) in [5, 5.41) is 29.4. The number of hydrogen-bond donors (Lipinski definition) is 3. The van der Waals surface area contributed by atoms with Crippen molar-refractivity contribution in [3.63, 3.8) is 0 Å². The van der Waals surface area contributed by atoms with Gasteiger partial charge in [-0.05, 0) is 36.8 Å². The first-order chi connectivity index (χ1) is 13.8. The number of allylic oxidation sites excluding steroid dienone is 1. The Morgan fingerprint density at radius 2 is 1.48 bits per heavy atom. The number of anilines is 1. The third-order valence-corrected chi connectivity index (χ3v) is 4.29. The van der Waals surface area contributed by atoms with E-state index in [-0.39, 0.29) is 16.9 Å². The molecule has 1 aliphatic rings. The van der Waals surface area contributed by atoms with E-state index in [0.29, 0.717) is 16.9 Å². The number of hydrogen-bond acceptors (Lipinski definition) is 6. The van der Waals surface area contributed by atoms with Crippen molar-refractivity contribution in [2.24, 2.45) is 0 Å². The number of nitrogens with zero attached hydrogens (tertiary/aromatic N) is 2. The first-order valence-electron chi connectivity index (χ1n) is 8.34. The van der Waals surface area contributed by atoms with Crippen LogP contribution in [0.2, 0.25) is 0 Å². The van der Waals surface area contributed by atoms with Crippen molar-refractivity contribution in [1.82, 2.24) is 10.6 Å². The van der Waals surface area contributed by atoms with Gasteiger partial charge in [0, 0.05) is 35.6 Å². The van der Waals surface area contributed by atoms with Gasteiger partial charge in [-0.25, -0.2) is 4.79 Å². The van der Waals surface area contributed by atoms with Gasteiger partial charge >= 0.3 is 6.03 Å². The highest BCUT2D eigenvalue weighted by Crippen LogP contribution is 2.29. The summed E-state index contributed by atoms with van der Waals surface area (Å²) >= 11 is 0. The number of carbonyl (C=O) groups is 2. The van der Waals surface area contributed by atoms with E-state index in [4.69, 9.17) is 0 Å². The summed E-state index contributed by atoms with van der Waals surface area (Å²) in [6, 6.07) is 9.43. The van der Waals surface area contributed by atoms with Crippen molar-refractivity contribution in [1.29, 1.82) is 0 Å². The minimum absolute atomic E-state index is 0.117. The van der Waals surface area contributed by atoms with Gasteiger partial charge < -0.3 is 16.0 Å². The molecule has 3 rings (SSSR count). The highest BCUT2D eigenvalue weighted by Gasteiger charge is 2.31. The van der Waals surface area contributed by atoms with Crippen LogP contribution >= 0.6 is 0 Å². The van der Waals surface area contributed by atoms with Crippen LogP contribution in [0.1, 0.15) is 18.5 Å². The monoisotopic (exact) mass is 397 g/mol. The van der Waals surface area contributed by atoms with Gasteiger partial charge in [-0.2, -0.15) is 0 Å². The zero-order valence-electron chi connectivity index (χ0n) is 15.0. The molecule has 0 unspecified atom stereocenters. The van der Waals surface area contributed by atoms with Crippen molar-refractivity contribution in [3.8, 4) is 0 Å². The number of benzene rings is 2. The van der Waals surface area contributed by atoms with Crippen molar-refractivity contribution in [2.45, 2.75) is 13.0 Å². The molecule has 0 saturated heterocycles. The number of nitro groups is 2. The summed E-state index contributed by atoms with van der Waals surface area (Å²) in [6.45, 7) is 1.56. The fourth-order valence-corrected chi connectivity index (χ4v) is 2.90. The maximum Gasteiger partial charge on any atom is 0.319 e. The van der Waals surface area contributed by atoms with Crippen LogP contribution in [-0.2, 0) is 4.79 Å². The Labute approximate surface area is 163 Å². The molecule has 0 aliphatic carbocycles. The van der Waals surface area contributed by atoms with Crippen LogP contribution in [0.5, 0.6) is 0 Å².